The molecule has 6 heteroatoms. The number of fused-ring (bicyclic) bond motifs is 1. The molecule has 3 rings (SSSR count). The lowest BCUT2D eigenvalue weighted by atomic mass is 10.1. The Morgan fingerprint density at radius 3 is 2.54 bits per heavy atom. The topological polar surface area (TPSA) is 97.0 Å². The normalized spacial score (nSPS) is 10.9. The Kier molecular flexibility index (Phi) is 5.99. The van der Waals surface area contributed by atoms with E-state index in [0.29, 0.717) is 12.0 Å². The van der Waals surface area contributed by atoms with Gasteiger partial charge in [-0.05, 0) is 6.42 Å². The molecule has 0 bridgehead atoms. The van der Waals surface area contributed by atoms with Crippen LogP contribution in [-0.2, 0) is 4.79 Å². The van der Waals surface area contributed by atoms with Crippen molar-refractivity contribution in [2.75, 3.05) is 0 Å². The smallest absolute Gasteiger partial charge is 0.311 e. The van der Waals surface area contributed by atoms with Crippen LogP contribution in [0.25, 0.3) is 22.3 Å². The zero-order valence-corrected chi connectivity index (χ0v) is 15.6. The van der Waals surface area contributed by atoms with Crippen molar-refractivity contribution in [3.63, 3.8) is 0 Å². The molecule has 0 radical (unpaired) electrons. The van der Waals surface area contributed by atoms with Gasteiger partial charge in [0.25, 0.3) is 0 Å². The molecular weight excluding hydrogens is 360 g/mol. The van der Waals surface area contributed by atoms with Gasteiger partial charge in [0.05, 0.1) is 0 Å². The predicted octanol–water partition coefficient (Wildman–Crippen LogP) is 4.75. The van der Waals surface area contributed by atoms with Crippen molar-refractivity contribution in [2.24, 2.45) is 0 Å². The van der Waals surface area contributed by atoms with Gasteiger partial charge in [-0.25, -0.2) is 0 Å². The molecule has 0 unspecified atom stereocenters. The van der Waals surface area contributed by atoms with Gasteiger partial charge in [-0.2, -0.15) is 0 Å². The summed E-state index contributed by atoms with van der Waals surface area (Å²) in [7, 11) is 0. The van der Waals surface area contributed by atoms with E-state index in [0.717, 1.165) is 25.3 Å². The van der Waals surface area contributed by atoms with Crippen LogP contribution in [0, 0.1) is 0 Å². The molecule has 1 heterocycles. The second-order valence-electron chi connectivity index (χ2n) is 6.58. The maximum absolute atomic E-state index is 13.0. The van der Waals surface area contributed by atoms with Gasteiger partial charge in [-0.15, -0.1) is 0 Å². The molecule has 0 saturated heterocycles. The van der Waals surface area contributed by atoms with E-state index in [-0.39, 0.29) is 34.6 Å². The van der Waals surface area contributed by atoms with Gasteiger partial charge in [-0.3, -0.25) is 9.59 Å². The molecule has 0 fully saturated rings. The highest BCUT2D eigenvalue weighted by molar-refractivity contribution is 5.89. The lowest BCUT2D eigenvalue weighted by Crippen LogP contribution is -2.16. The lowest BCUT2D eigenvalue weighted by molar-refractivity contribution is -0.134. The van der Waals surface area contributed by atoms with Gasteiger partial charge in [0.15, 0.2) is 5.76 Å². The number of rotatable bonds is 7. The van der Waals surface area contributed by atoms with E-state index in [4.69, 9.17) is 9.15 Å². The predicted molar refractivity (Wildman–Crippen MR) is 106 cm³/mol. The molecule has 0 atom stereocenters. The number of carbonyl (C=O) groups is 1. The van der Waals surface area contributed by atoms with E-state index >= 15 is 0 Å². The second kappa shape index (κ2) is 8.61. The fourth-order valence-corrected chi connectivity index (χ4v) is 3.00. The fraction of sp³-hybridized carbons (Fsp3) is 0.273. The van der Waals surface area contributed by atoms with Crippen molar-refractivity contribution in [1.82, 2.24) is 0 Å². The van der Waals surface area contributed by atoms with Crippen molar-refractivity contribution in [2.45, 2.75) is 39.0 Å². The molecule has 2 N–H and O–H groups in total. The lowest BCUT2D eigenvalue weighted by Gasteiger charge is -2.11. The highest BCUT2D eigenvalue weighted by Crippen LogP contribution is 2.35. The quantitative estimate of drug-likeness (QED) is 0.452. The maximum Gasteiger partial charge on any atom is 0.311 e. The minimum absolute atomic E-state index is 0.00379. The van der Waals surface area contributed by atoms with E-state index < -0.39 is 17.1 Å². The van der Waals surface area contributed by atoms with Gasteiger partial charge in [0.1, 0.15) is 22.5 Å². The summed E-state index contributed by atoms with van der Waals surface area (Å²) in [6.45, 7) is 2.08. The van der Waals surface area contributed by atoms with Crippen LogP contribution in [-0.4, -0.2) is 16.2 Å². The first-order chi connectivity index (χ1) is 13.5. The molecule has 0 amide bonds. The highest BCUT2D eigenvalue weighted by atomic mass is 16.5. The summed E-state index contributed by atoms with van der Waals surface area (Å²) in [5.41, 5.74) is -0.123. The minimum Gasteiger partial charge on any atom is -0.508 e. The van der Waals surface area contributed by atoms with Crippen LogP contribution in [0.15, 0.2) is 51.7 Å². The number of ether oxygens (including phenoxy) is 1. The number of unbranched alkanes of at least 4 members (excludes halogenated alkanes) is 3. The first kappa shape index (κ1) is 19.5. The molecule has 6 nitrogen and oxygen atoms in total. The largest absolute Gasteiger partial charge is 0.508 e. The Morgan fingerprint density at radius 2 is 1.82 bits per heavy atom. The van der Waals surface area contributed by atoms with E-state index in [1.807, 2.05) is 0 Å². The number of phenols is 2. The average Bonchev–Trinajstić information content (AvgIpc) is 2.67. The van der Waals surface area contributed by atoms with Crippen molar-refractivity contribution >= 4 is 16.9 Å². The summed E-state index contributed by atoms with van der Waals surface area (Å²) in [5, 5.41) is 19.7. The first-order valence-corrected chi connectivity index (χ1v) is 9.30. The van der Waals surface area contributed by atoms with Gasteiger partial charge in [-0.1, -0.05) is 56.5 Å². The number of hydrogen-bond donors (Lipinski definition) is 2. The molecule has 2 aromatic carbocycles. The molecule has 3 aromatic rings. The van der Waals surface area contributed by atoms with Crippen LogP contribution in [0.3, 0.4) is 0 Å². The molecule has 1 aromatic heterocycles. The van der Waals surface area contributed by atoms with Crippen LogP contribution >= 0.6 is 0 Å². The zero-order valence-electron chi connectivity index (χ0n) is 15.6. The van der Waals surface area contributed by atoms with Crippen LogP contribution in [0.4, 0.5) is 0 Å². The van der Waals surface area contributed by atoms with Crippen molar-refractivity contribution in [3.8, 4) is 28.6 Å². The third-order valence-corrected chi connectivity index (χ3v) is 4.40. The summed E-state index contributed by atoms with van der Waals surface area (Å²) in [6.07, 6.45) is 3.84. The number of esters is 1. The van der Waals surface area contributed by atoms with Crippen LogP contribution in [0.2, 0.25) is 0 Å². The standard InChI is InChI=1S/C22H22O6/c1-2-3-4-8-11-18(25)28-22-20(26)19-16(24)12-15(23)13-17(19)27-21(22)14-9-6-5-7-10-14/h5-7,9-10,12-13,23-24H,2-4,8,11H2,1H3. The molecule has 0 spiro atoms. The van der Waals surface area contributed by atoms with Crippen molar-refractivity contribution in [1.29, 1.82) is 0 Å². The minimum atomic E-state index is -0.667. The second-order valence-corrected chi connectivity index (χ2v) is 6.58. The molecule has 146 valence electrons. The van der Waals surface area contributed by atoms with Crippen LogP contribution in [0.1, 0.15) is 39.0 Å². The van der Waals surface area contributed by atoms with Gasteiger partial charge in [0.2, 0.25) is 11.2 Å². The number of phenolic OH excluding ortho intramolecular Hbond substituents is 2. The van der Waals surface area contributed by atoms with E-state index in [1.165, 1.54) is 6.07 Å². The Balaban J connectivity index is 2.07. The summed E-state index contributed by atoms with van der Waals surface area (Å²) >= 11 is 0. The molecular formula is C22H22O6. The van der Waals surface area contributed by atoms with Crippen molar-refractivity contribution < 1.29 is 24.2 Å². The van der Waals surface area contributed by atoms with E-state index in [9.17, 15) is 19.8 Å². The summed E-state index contributed by atoms with van der Waals surface area (Å²) in [6, 6.07) is 11.0. The average molecular weight is 382 g/mol. The summed E-state index contributed by atoms with van der Waals surface area (Å²) in [5.74, 6) is -1.40. The first-order valence-electron chi connectivity index (χ1n) is 9.30. The third kappa shape index (κ3) is 4.17. The van der Waals surface area contributed by atoms with Gasteiger partial charge < -0.3 is 19.4 Å². The fourth-order valence-electron chi connectivity index (χ4n) is 3.00. The number of benzene rings is 2. The maximum atomic E-state index is 13.0. The monoisotopic (exact) mass is 382 g/mol. The molecule has 0 aliphatic rings. The summed E-state index contributed by atoms with van der Waals surface area (Å²) in [4.78, 5) is 25.3. The molecule has 0 aliphatic carbocycles. The van der Waals surface area contributed by atoms with Crippen molar-refractivity contribution in [3.05, 3.63) is 52.7 Å². The van der Waals surface area contributed by atoms with Gasteiger partial charge >= 0.3 is 5.97 Å². The summed E-state index contributed by atoms with van der Waals surface area (Å²) < 4.78 is 11.2. The number of hydrogen-bond acceptors (Lipinski definition) is 6. The number of aromatic hydroxyl groups is 2. The highest BCUT2D eigenvalue weighted by Gasteiger charge is 2.22. The third-order valence-electron chi connectivity index (χ3n) is 4.40. The Morgan fingerprint density at radius 1 is 1.07 bits per heavy atom. The Bertz CT molecular complexity index is 1040. The van der Waals surface area contributed by atoms with E-state index in [1.54, 1.807) is 30.3 Å². The van der Waals surface area contributed by atoms with E-state index in [2.05, 4.69) is 6.92 Å². The van der Waals surface area contributed by atoms with Crippen LogP contribution in [0.5, 0.6) is 17.2 Å². The number of carbonyl (C=O) groups excluding carboxylic acids is 1. The van der Waals surface area contributed by atoms with Crippen LogP contribution < -0.4 is 10.2 Å². The molecule has 28 heavy (non-hydrogen) atoms. The molecule has 0 aliphatic heterocycles. The van der Waals surface area contributed by atoms with Gasteiger partial charge in [0, 0.05) is 24.1 Å². The Labute approximate surface area is 162 Å². The Hall–Kier alpha value is -3.28. The zero-order chi connectivity index (χ0) is 20.1. The SMILES string of the molecule is CCCCCCC(=O)Oc1c(-c2ccccc2)oc2cc(O)cc(O)c2c1=O. The molecule has 0 saturated carbocycles.